The van der Waals surface area contributed by atoms with Crippen molar-refractivity contribution in [1.29, 1.82) is 0 Å². The number of rotatable bonds is 4. The van der Waals surface area contributed by atoms with Crippen molar-refractivity contribution in [2.75, 3.05) is 6.54 Å². The molecule has 1 fully saturated rings. The summed E-state index contributed by atoms with van der Waals surface area (Å²) in [7, 11) is 0. The molecule has 0 radical (unpaired) electrons. The van der Waals surface area contributed by atoms with Crippen molar-refractivity contribution in [3.05, 3.63) is 12.2 Å². The number of allylic oxidation sites excluding steroid dienone is 1. The summed E-state index contributed by atoms with van der Waals surface area (Å²) in [6, 6.07) is 0. The summed E-state index contributed by atoms with van der Waals surface area (Å²) in [4.78, 5) is 22.0. The van der Waals surface area contributed by atoms with Gasteiger partial charge in [0, 0.05) is 6.54 Å². The van der Waals surface area contributed by atoms with Gasteiger partial charge < -0.3 is 10.4 Å². The van der Waals surface area contributed by atoms with Gasteiger partial charge in [-0.2, -0.15) is 0 Å². The first-order valence-corrected chi connectivity index (χ1v) is 4.75. The second kappa shape index (κ2) is 4.26. The molecule has 2 N–H and O–H groups in total. The molecule has 14 heavy (non-hydrogen) atoms. The van der Waals surface area contributed by atoms with E-state index in [0.717, 1.165) is 6.42 Å². The van der Waals surface area contributed by atoms with Crippen LogP contribution in [-0.2, 0) is 9.59 Å². The van der Waals surface area contributed by atoms with Crippen molar-refractivity contribution in [3.8, 4) is 0 Å². The van der Waals surface area contributed by atoms with E-state index in [9.17, 15) is 9.59 Å². The minimum absolute atomic E-state index is 0.222. The standard InChI is InChI=1S/C10H15NO3/c1-2-4-8(12)11-7-10(9(13)14)5-3-6-10/h2,4H,3,5-7H2,1H3,(H,11,12)(H,13,14)/b4-2+. The average Bonchev–Trinajstić information content (AvgIpc) is 2.02. The van der Waals surface area contributed by atoms with E-state index in [4.69, 9.17) is 5.11 Å². The van der Waals surface area contributed by atoms with Crippen LogP contribution in [-0.4, -0.2) is 23.5 Å². The fourth-order valence-corrected chi connectivity index (χ4v) is 1.54. The topological polar surface area (TPSA) is 66.4 Å². The van der Waals surface area contributed by atoms with Gasteiger partial charge in [-0.1, -0.05) is 12.5 Å². The van der Waals surface area contributed by atoms with Crippen molar-refractivity contribution in [3.63, 3.8) is 0 Å². The molecule has 1 amide bonds. The first kappa shape index (κ1) is 10.8. The number of carbonyl (C=O) groups excluding carboxylic acids is 1. The number of carboxylic acids is 1. The summed E-state index contributed by atoms with van der Waals surface area (Å²) < 4.78 is 0. The Hall–Kier alpha value is -1.32. The molecular weight excluding hydrogens is 182 g/mol. The Labute approximate surface area is 83.0 Å². The van der Waals surface area contributed by atoms with Gasteiger partial charge in [0.05, 0.1) is 5.41 Å². The zero-order chi connectivity index (χ0) is 10.6. The summed E-state index contributed by atoms with van der Waals surface area (Å²) in [6.07, 6.45) is 5.29. The van der Waals surface area contributed by atoms with E-state index in [2.05, 4.69) is 5.32 Å². The van der Waals surface area contributed by atoms with Crippen LogP contribution in [0.1, 0.15) is 26.2 Å². The maximum Gasteiger partial charge on any atom is 0.311 e. The van der Waals surface area contributed by atoms with Crippen LogP contribution in [0.5, 0.6) is 0 Å². The average molecular weight is 197 g/mol. The van der Waals surface area contributed by atoms with Gasteiger partial charge >= 0.3 is 5.97 Å². The van der Waals surface area contributed by atoms with Crippen LogP contribution in [0, 0.1) is 5.41 Å². The molecular formula is C10H15NO3. The molecule has 0 heterocycles. The summed E-state index contributed by atoms with van der Waals surface area (Å²) >= 11 is 0. The zero-order valence-electron chi connectivity index (χ0n) is 8.25. The number of nitrogens with one attached hydrogen (secondary N) is 1. The quantitative estimate of drug-likeness (QED) is 0.659. The van der Waals surface area contributed by atoms with E-state index in [1.165, 1.54) is 6.08 Å². The van der Waals surface area contributed by atoms with Gasteiger partial charge in [0.2, 0.25) is 5.91 Å². The summed E-state index contributed by atoms with van der Waals surface area (Å²) in [5, 5.41) is 11.6. The van der Waals surface area contributed by atoms with Gasteiger partial charge in [0.1, 0.15) is 0 Å². The van der Waals surface area contributed by atoms with Crippen molar-refractivity contribution in [2.45, 2.75) is 26.2 Å². The van der Waals surface area contributed by atoms with Gasteiger partial charge in [-0.3, -0.25) is 9.59 Å². The third-order valence-corrected chi connectivity index (χ3v) is 2.68. The van der Waals surface area contributed by atoms with Crippen molar-refractivity contribution < 1.29 is 14.7 Å². The number of aliphatic carboxylic acids is 1. The summed E-state index contributed by atoms with van der Waals surface area (Å²) in [5.74, 6) is -1.02. The predicted molar refractivity (Wildman–Crippen MR) is 51.7 cm³/mol. The van der Waals surface area contributed by atoms with Crippen LogP contribution in [0.3, 0.4) is 0 Å². The molecule has 0 saturated heterocycles. The number of carboxylic acid groups (broad SMARTS) is 1. The molecule has 78 valence electrons. The Kier molecular flexibility index (Phi) is 3.28. The SMILES string of the molecule is C/C=C/C(=O)NCC1(C(=O)O)CCC1. The highest BCUT2D eigenvalue weighted by molar-refractivity contribution is 5.88. The lowest BCUT2D eigenvalue weighted by molar-refractivity contribution is -0.154. The number of hydrogen-bond donors (Lipinski definition) is 2. The smallest absolute Gasteiger partial charge is 0.311 e. The molecule has 0 bridgehead atoms. The van der Waals surface area contributed by atoms with Crippen LogP contribution in [0.15, 0.2) is 12.2 Å². The van der Waals surface area contributed by atoms with E-state index in [0.29, 0.717) is 12.8 Å². The second-order valence-electron chi connectivity index (χ2n) is 3.66. The van der Waals surface area contributed by atoms with Crippen LogP contribution < -0.4 is 5.32 Å². The maximum absolute atomic E-state index is 11.1. The number of carbonyl (C=O) groups is 2. The molecule has 1 aliphatic rings. The fraction of sp³-hybridized carbons (Fsp3) is 0.600. The normalized spacial score (nSPS) is 18.9. The van der Waals surface area contributed by atoms with Crippen LogP contribution in [0.25, 0.3) is 0 Å². The minimum atomic E-state index is -0.801. The lowest BCUT2D eigenvalue weighted by atomic mass is 9.69. The molecule has 4 heteroatoms. The molecule has 1 saturated carbocycles. The molecule has 0 aromatic rings. The highest BCUT2D eigenvalue weighted by atomic mass is 16.4. The van der Waals surface area contributed by atoms with E-state index < -0.39 is 11.4 Å². The van der Waals surface area contributed by atoms with Crippen molar-refractivity contribution in [2.24, 2.45) is 5.41 Å². The fourth-order valence-electron chi connectivity index (χ4n) is 1.54. The number of amides is 1. The Morgan fingerprint density at radius 1 is 1.50 bits per heavy atom. The molecule has 4 nitrogen and oxygen atoms in total. The molecule has 0 aromatic carbocycles. The Balaban J connectivity index is 2.43. The van der Waals surface area contributed by atoms with Gasteiger partial charge in [0.15, 0.2) is 0 Å². The van der Waals surface area contributed by atoms with Crippen LogP contribution in [0.4, 0.5) is 0 Å². The van der Waals surface area contributed by atoms with Gasteiger partial charge in [-0.05, 0) is 25.8 Å². The molecule has 1 aliphatic carbocycles. The molecule has 1 rings (SSSR count). The maximum atomic E-state index is 11.1. The first-order chi connectivity index (χ1) is 6.60. The molecule has 0 spiro atoms. The first-order valence-electron chi connectivity index (χ1n) is 4.75. The largest absolute Gasteiger partial charge is 0.481 e. The third kappa shape index (κ3) is 2.13. The monoisotopic (exact) mass is 197 g/mol. The van der Waals surface area contributed by atoms with Gasteiger partial charge in [-0.25, -0.2) is 0 Å². The van der Waals surface area contributed by atoms with E-state index in [1.54, 1.807) is 13.0 Å². The molecule has 0 atom stereocenters. The second-order valence-corrected chi connectivity index (χ2v) is 3.66. The van der Waals surface area contributed by atoms with Gasteiger partial charge in [0.25, 0.3) is 0 Å². The minimum Gasteiger partial charge on any atom is -0.481 e. The van der Waals surface area contributed by atoms with Gasteiger partial charge in [-0.15, -0.1) is 0 Å². The highest BCUT2D eigenvalue weighted by Crippen LogP contribution is 2.40. The molecule has 0 unspecified atom stereocenters. The molecule has 0 aromatic heterocycles. The van der Waals surface area contributed by atoms with E-state index >= 15 is 0 Å². The third-order valence-electron chi connectivity index (χ3n) is 2.68. The lowest BCUT2D eigenvalue weighted by Gasteiger charge is -2.37. The molecule has 0 aliphatic heterocycles. The lowest BCUT2D eigenvalue weighted by Crippen LogP contribution is -2.47. The Morgan fingerprint density at radius 2 is 2.14 bits per heavy atom. The van der Waals surface area contributed by atoms with Crippen LogP contribution >= 0.6 is 0 Å². The zero-order valence-corrected chi connectivity index (χ0v) is 8.25. The highest BCUT2D eigenvalue weighted by Gasteiger charge is 2.44. The predicted octanol–water partition coefficient (Wildman–Crippen LogP) is 0.934. The van der Waals surface area contributed by atoms with Crippen molar-refractivity contribution in [1.82, 2.24) is 5.32 Å². The van der Waals surface area contributed by atoms with E-state index in [-0.39, 0.29) is 12.5 Å². The summed E-state index contributed by atoms with van der Waals surface area (Å²) in [5.41, 5.74) is -0.697. The number of hydrogen-bond acceptors (Lipinski definition) is 2. The Morgan fingerprint density at radius 3 is 2.50 bits per heavy atom. The van der Waals surface area contributed by atoms with E-state index in [1.807, 2.05) is 0 Å². The van der Waals surface area contributed by atoms with Crippen LogP contribution in [0.2, 0.25) is 0 Å². The Bertz CT molecular complexity index is 267. The summed E-state index contributed by atoms with van der Waals surface area (Å²) in [6.45, 7) is 1.99. The van der Waals surface area contributed by atoms with Crippen molar-refractivity contribution >= 4 is 11.9 Å².